The second-order valence-corrected chi connectivity index (χ2v) is 5.27. The van der Waals surface area contributed by atoms with Gasteiger partial charge < -0.3 is 0 Å². The van der Waals surface area contributed by atoms with Crippen molar-refractivity contribution in [1.29, 1.82) is 0 Å². The fourth-order valence-corrected chi connectivity index (χ4v) is 3.50. The molecule has 2 heteroatoms. The van der Waals surface area contributed by atoms with Crippen LogP contribution in [0, 0.1) is 0 Å². The SMILES string of the molecule is c1ccc(B2CCSc3ccccc32)cc1. The van der Waals surface area contributed by atoms with Crippen LogP contribution in [0.5, 0.6) is 0 Å². The van der Waals surface area contributed by atoms with Crippen molar-refractivity contribution in [2.24, 2.45) is 0 Å². The van der Waals surface area contributed by atoms with Gasteiger partial charge >= 0.3 is 0 Å². The van der Waals surface area contributed by atoms with Gasteiger partial charge in [-0.15, -0.1) is 11.8 Å². The van der Waals surface area contributed by atoms with Gasteiger partial charge in [-0.25, -0.2) is 0 Å². The van der Waals surface area contributed by atoms with E-state index in [1.54, 1.807) is 0 Å². The van der Waals surface area contributed by atoms with Gasteiger partial charge in [-0.3, -0.25) is 0 Å². The molecule has 0 amide bonds. The van der Waals surface area contributed by atoms with Crippen LogP contribution in [0.15, 0.2) is 59.5 Å². The van der Waals surface area contributed by atoms with E-state index in [9.17, 15) is 0 Å². The minimum Gasteiger partial charge on any atom is -0.127 e. The minimum absolute atomic E-state index is 0.596. The first-order valence-electron chi connectivity index (χ1n) is 5.72. The third-order valence-electron chi connectivity index (χ3n) is 3.16. The first-order chi connectivity index (χ1) is 7.95. The van der Waals surface area contributed by atoms with Gasteiger partial charge in [0.2, 0.25) is 6.71 Å². The lowest BCUT2D eigenvalue weighted by Gasteiger charge is -2.22. The highest BCUT2D eigenvalue weighted by atomic mass is 32.2. The Kier molecular flexibility index (Phi) is 2.75. The first-order valence-corrected chi connectivity index (χ1v) is 6.70. The highest BCUT2D eigenvalue weighted by molar-refractivity contribution is 7.99. The lowest BCUT2D eigenvalue weighted by molar-refractivity contribution is 1.38. The molecule has 0 N–H and O–H groups in total. The van der Waals surface area contributed by atoms with E-state index in [4.69, 9.17) is 0 Å². The van der Waals surface area contributed by atoms with Crippen molar-refractivity contribution in [2.45, 2.75) is 11.2 Å². The Labute approximate surface area is 101 Å². The fourth-order valence-electron chi connectivity index (χ4n) is 2.37. The van der Waals surface area contributed by atoms with Crippen LogP contribution in [0.4, 0.5) is 0 Å². The Balaban J connectivity index is 2.05. The molecule has 0 unspecified atom stereocenters. The summed E-state index contributed by atoms with van der Waals surface area (Å²) >= 11 is 1.99. The summed E-state index contributed by atoms with van der Waals surface area (Å²) in [6.45, 7) is 0.596. The molecule has 0 aromatic heterocycles. The van der Waals surface area contributed by atoms with Gasteiger partial charge in [0.05, 0.1) is 0 Å². The second-order valence-electron chi connectivity index (χ2n) is 4.14. The molecule has 2 aromatic carbocycles. The number of hydrogen-bond donors (Lipinski definition) is 0. The van der Waals surface area contributed by atoms with Crippen LogP contribution in [-0.4, -0.2) is 12.5 Å². The van der Waals surface area contributed by atoms with Crippen LogP contribution in [-0.2, 0) is 0 Å². The van der Waals surface area contributed by atoms with Crippen molar-refractivity contribution >= 4 is 29.4 Å². The quantitative estimate of drug-likeness (QED) is 0.670. The van der Waals surface area contributed by atoms with Gasteiger partial charge in [-0.05, 0) is 11.8 Å². The van der Waals surface area contributed by atoms with Gasteiger partial charge in [0.15, 0.2) is 0 Å². The molecule has 16 heavy (non-hydrogen) atoms. The monoisotopic (exact) mass is 224 g/mol. The maximum Gasteiger partial charge on any atom is 0.211 e. The number of thioether (sulfide) groups is 1. The third-order valence-corrected chi connectivity index (χ3v) is 4.28. The molecule has 3 rings (SSSR count). The Morgan fingerprint density at radius 3 is 2.50 bits per heavy atom. The van der Waals surface area contributed by atoms with Crippen molar-refractivity contribution in [3.05, 3.63) is 54.6 Å². The zero-order chi connectivity index (χ0) is 10.8. The first kappa shape index (κ1) is 10.0. The molecule has 1 heterocycles. The lowest BCUT2D eigenvalue weighted by atomic mass is 9.39. The van der Waals surface area contributed by atoms with Gasteiger partial charge in [-0.1, -0.05) is 65.8 Å². The number of benzene rings is 2. The molecule has 0 fully saturated rings. The molecular weight excluding hydrogens is 211 g/mol. The van der Waals surface area contributed by atoms with Crippen LogP contribution in [0.1, 0.15) is 0 Å². The van der Waals surface area contributed by atoms with Crippen molar-refractivity contribution in [1.82, 2.24) is 0 Å². The van der Waals surface area contributed by atoms with E-state index >= 15 is 0 Å². The minimum atomic E-state index is 0.596. The summed E-state index contributed by atoms with van der Waals surface area (Å²) in [7, 11) is 0. The molecule has 0 aliphatic carbocycles. The number of rotatable bonds is 1. The van der Waals surface area contributed by atoms with Gasteiger partial charge in [0.25, 0.3) is 0 Å². The molecule has 1 aliphatic heterocycles. The fraction of sp³-hybridized carbons (Fsp3) is 0.143. The predicted molar refractivity (Wildman–Crippen MR) is 73.4 cm³/mol. The molecular formula is C14H13BS. The Morgan fingerprint density at radius 1 is 0.875 bits per heavy atom. The van der Waals surface area contributed by atoms with Crippen LogP contribution < -0.4 is 10.9 Å². The van der Waals surface area contributed by atoms with Gasteiger partial charge in [0.1, 0.15) is 0 Å². The summed E-state index contributed by atoms with van der Waals surface area (Å²) in [6.07, 6.45) is 1.26. The van der Waals surface area contributed by atoms with E-state index in [2.05, 4.69) is 54.6 Å². The van der Waals surface area contributed by atoms with Crippen molar-refractivity contribution in [3.8, 4) is 0 Å². The molecule has 0 radical (unpaired) electrons. The Bertz CT molecular complexity index is 481. The summed E-state index contributed by atoms with van der Waals surface area (Å²) in [5, 5.41) is 0. The second kappa shape index (κ2) is 4.38. The number of fused-ring (bicyclic) bond motifs is 1. The lowest BCUT2D eigenvalue weighted by Crippen LogP contribution is -2.45. The van der Waals surface area contributed by atoms with Crippen LogP contribution in [0.2, 0.25) is 6.32 Å². The molecule has 0 atom stereocenters. The molecule has 0 bridgehead atoms. The molecule has 0 saturated carbocycles. The van der Waals surface area contributed by atoms with E-state index in [1.165, 1.54) is 27.9 Å². The van der Waals surface area contributed by atoms with E-state index in [0.717, 1.165) is 0 Å². The maximum absolute atomic E-state index is 2.28. The van der Waals surface area contributed by atoms with Crippen molar-refractivity contribution < 1.29 is 0 Å². The van der Waals surface area contributed by atoms with Gasteiger partial charge in [0, 0.05) is 4.90 Å². The standard InChI is InChI=1S/C14H13BS/c1-2-6-12(7-3-1)15-10-11-16-14-9-5-4-8-13(14)15/h1-9H,10-11H2. The topological polar surface area (TPSA) is 0 Å². The molecule has 0 nitrogen and oxygen atoms in total. The van der Waals surface area contributed by atoms with E-state index in [1.807, 2.05) is 11.8 Å². The van der Waals surface area contributed by atoms with Gasteiger partial charge in [-0.2, -0.15) is 0 Å². The molecule has 1 aliphatic rings. The largest absolute Gasteiger partial charge is 0.211 e. The van der Waals surface area contributed by atoms with E-state index in [-0.39, 0.29) is 0 Å². The van der Waals surface area contributed by atoms with Crippen molar-refractivity contribution in [2.75, 3.05) is 5.75 Å². The summed E-state index contributed by atoms with van der Waals surface area (Å²) < 4.78 is 0. The Hall–Kier alpha value is -1.15. The predicted octanol–water partition coefficient (Wildman–Crippen LogP) is 2.40. The van der Waals surface area contributed by atoms with Crippen molar-refractivity contribution in [3.63, 3.8) is 0 Å². The smallest absolute Gasteiger partial charge is 0.127 e. The molecule has 0 saturated heterocycles. The zero-order valence-electron chi connectivity index (χ0n) is 9.10. The normalized spacial score (nSPS) is 14.6. The molecule has 0 spiro atoms. The molecule has 2 aromatic rings. The molecule has 78 valence electrons. The Morgan fingerprint density at radius 2 is 1.62 bits per heavy atom. The van der Waals surface area contributed by atoms with Crippen LogP contribution in [0.25, 0.3) is 0 Å². The van der Waals surface area contributed by atoms with Crippen LogP contribution >= 0.6 is 11.8 Å². The summed E-state index contributed by atoms with van der Waals surface area (Å²) in [4.78, 5) is 1.46. The average Bonchev–Trinajstić information content (AvgIpc) is 2.39. The maximum atomic E-state index is 2.28. The number of hydrogen-bond acceptors (Lipinski definition) is 1. The highest BCUT2D eigenvalue weighted by Gasteiger charge is 2.24. The third kappa shape index (κ3) is 1.78. The average molecular weight is 224 g/mol. The summed E-state index contributed by atoms with van der Waals surface area (Å²) in [5.41, 5.74) is 2.96. The van der Waals surface area contributed by atoms with E-state index in [0.29, 0.717) is 6.71 Å². The van der Waals surface area contributed by atoms with E-state index < -0.39 is 0 Å². The summed E-state index contributed by atoms with van der Waals surface area (Å²) in [5.74, 6) is 1.23. The van der Waals surface area contributed by atoms with Crippen LogP contribution in [0.3, 0.4) is 0 Å². The zero-order valence-corrected chi connectivity index (χ0v) is 9.91. The summed E-state index contributed by atoms with van der Waals surface area (Å²) in [6, 6.07) is 19.7. The highest BCUT2D eigenvalue weighted by Crippen LogP contribution is 2.23.